The first-order valence-electron chi connectivity index (χ1n) is 9.72. The molecule has 1 aliphatic rings. The predicted octanol–water partition coefficient (Wildman–Crippen LogP) is 1.21. The number of carbonyl (C=O) groups is 3. The van der Waals surface area contributed by atoms with Crippen molar-refractivity contribution in [2.75, 3.05) is 19.6 Å². The molecule has 154 valence electrons. The number of unbranched alkanes of at least 4 members (excludes halogenated alkanes) is 1. The molecule has 9 heteroatoms. The van der Waals surface area contributed by atoms with Gasteiger partial charge in [0.15, 0.2) is 0 Å². The van der Waals surface area contributed by atoms with Gasteiger partial charge in [-0.05, 0) is 12.0 Å². The molecule has 9 nitrogen and oxygen atoms in total. The summed E-state index contributed by atoms with van der Waals surface area (Å²) in [6.07, 6.45) is 1.77. The van der Waals surface area contributed by atoms with E-state index < -0.39 is 23.8 Å². The molecule has 0 aliphatic carbocycles. The van der Waals surface area contributed by atoms with Crippen LogP contribution in [0.1, 0.15) is 43.2 Å². The molecule has 1 aromatic carbocycles. The number of aromatic nitrogens is 2. The number of carbonyl (C=O) groups excluding carboxylic acids is 3. The number of nitrogens with zero attached hydrogens (tertiary/aromatic N) is 4. The van der Waals surface area contributed by atoms with E-state index in [0.717, 1.165) is 12.8 Å². The fourth-order valence-electron chi connectivity index (χ4n) is 3.27. The van der Waals surface area contributed by atoms with E-state index in [2.05, 4.69) is 15.5 Å². The maximum Gasteiger partial charge on any atom is 0.313 e. The van der Waals surface area contributed by atoms with Crippen LogP contribution in [0.15, 0.2) is 34.7 Å². The van der Waals surface area contributed by atoms with Crippen molar-refractivity contribution in [2.24, 2.45) is 0 Å². The Labute approximate surface area is 169 Å². The van der Waals surface area contributed by atoms with E-state index in [1.165, 1.54) is 4.90 Å². The number of piperazine rings is 1. The Morgan fingerprint density at radius 2 is 1.93 bits per heavy atom. The third-order valence-electron chi connectivity index (χ3n) is 4.78. The number of amides is 3. The number of nitrogens with one attached hydrogen (secondary N) is 1. The minimum absolute atomic E-state index is 0.0433. The Kier molecular flexibility index (Phi) is 6.58. The number of hydrogen-bond acceptors (Lipinski definition) is 6. The average molecular weight is 399 g/mol. The van der Waals surface area contributed by atoms with Crippen molar-refractivity contribution < 1.29 is 18.8 Å². The minimum Gasteiger partial charge on any atom is -0.424 e. The summed E-state index contributed by atoms with van der Waals surface area (Å²) in [5.74, 6) is -0.960. The molecule has 3 rings (SSSR count). The van der Waals surface area contributed by atoms with Crippen LogP contribution in [0.5, 0.6) is 0 Å². The van der Waals surface area contributed by atoms with E-state index >= 15 is 0 Å². The quantitative estimate of drug-likeness (QED) is 0.669. The van der Waals surface area contributed by atoms with Crippen LogP contribution in [-0.4, -0.2) is 57.4 Å². The predicted molar refractivity (Wildman–Crippen MR) is 103 cm³/mol. The van der Waals surface area contributed by atoms with E-state index in [1.807, 2.05) is 13.0 Å². The molecule has 2 aromatic rings. The molecule has 1 aliphatic heterocycles. The van der Waals surface area contributed by atoms with Crippen LogP contribution in [0, 0.1) is 6.92 Å². The maximum atomic E-state index is 13.0. The van der Waals surface area contributed by atoms with Crippen molar-refractivity contribution in [3.63, 3.8) is 0 Å². The Bertz CT molecular complexity index is 867. The summed E-state index contributed by atoms with van der Waals surface area (Å²) in [7, 11) is 0. The summed E-state index contributed by atoms with van der Waals surface area (Å²) in [6, 6.07) is 8.03. The van der Waals surface area contributed by atoms with E-state index in [1.54, 1.807) is 36.1 Å². The van der Waals surface area contributed by atoms with Crippen LogP contribution in [0.25, 0.3) is 0 Å². The van der Waals surface area contributed by atoms with E-state index in [0.29, 0.717) is 31.1 Å². The summed E-state index contributed by atoms with van der Waals surface area (Å²) in [5.41, 5.74) is 0.634. The summed E-state index contributed by atoms with van der Waals surface area (Å²) >= 11 is 0. The molecule has 1 unspecified atom stereocenters. The largest absolute Gasteiger partial charge is 0.424 e. The number of benzene rings is 1. The van der Waals surface area contributed by atoms with E-state index in [4.69, 9.17) is 4.42 Å². The van der Waals surface area contributed by atoms with Crippen molar-refractivity contribution in [3.05, 3.63) is 47.7 Å². The van der Waals surface area contributed by atoms with E-state index in [9.17, 15) is 14.4 Å². The second kappa shape index (κ2) is 9.31. The Morgan fingerprint density at radius 1 is 1.17 bits per heavy atom. The second-order valence-electron chi connectivity index (χ2n) is 6.89. The molecule has 0 radical (unpaired) electrons. The van der Waals surface area contributed by atoms with Gasteiger partial charge in [-0.3, -0.25) is 14.4 Å². The lowest BCUT2D eigenvalue weighted by Gasteiger charge is -2.37. The van der Waals surface area contributed by atoms with Gasteiger partial charge >= 0.3 is 11.8 Å². The molecule has 0 spiro atoms. The number of aryl methyl sites for hydroxylation is 1. The first-order chi connectivity index (χ1) is 14.0. The van der Waals surface area contributed by atoms with Crippen molar-refractivity contribution in [3.8, 4) is 0 Å². The molecule has 1 aromatic heterocycles. The molecule has 29 heavy (non-hydrogen) atoms. The zero-order chi connectivity index (χ0) is 20.8. The summed E-state index contributed by atoms with van der Waals surface area (Å²) in [5, 5.41) is 10.3. The molecular formula is C20H25N5O4. The number of rotatable bonds is 8. The van der Waals surface area contributed by atoms with Crippen LogP contribution in [0.2, 0.25) is 0 Å². The van der Waals surface area contributed by atoms with Crippen molar-refractivity contribution in [2.45, 2.75) is 39.3 Å². The Morgan fingerprint density at radius 3 is 2.59 bits per heavy atom. The van der Waals surface area contributed by atoms with Crippen LogP contribution in [-0.2, 0) is 20.9 Å². The van der Waals surface area contributed by atoms with E-state index in [-0.39, 0.29) is 12.4 Å². The first-order valence-corrected chi connectivity index (χ1v) is 9.72. The normalized spacial score (nSPS) is 15.5. The van der Waals surface area contributed by atoms with Gasteiger partial charge < -0.3 is 19.5 Å². The van der Waals surface area contributed by atoms with Crippen LogP contribution >= 0.6 is 0 Å². The van der Waals surface area contributed by atoms with Crippen LogP contribution < -0.4 is 5.32 Å². The summed E-state index contributed by atoms with van der Waals surface area (Å²) in [6.45, 7) is 4.98. The Hall–Kier alpha value is -3.23. The highest BCUT2D eigenvalue weighted by molar-refractivity contribution is 6.35. The molecular weight excluding hydrogens is 374 g/mol. The summed E-state index contributed by atoms with van der Waals surface area (Å²) in [4.78, 5) is 41.3. The van der Waals surface area contributed by atoms with Crippen LogP contribution in [0.4, 0.5) is 0 Å². The van der Waals surface area contributed by atoms with Gasteiger partial charge in [0.05, 0.1) is 6.54 Å². The van der Waals surface area contributed by atoms with Gasteiger partial charge in [0.1, 0.15) is 6.04 Å². The maximum absolute atomic E-state index is 13.0. The monoisotopic (exact) mass is 399 g/mol. The lowest BCUT2D eigenvalue weighted by Crippen LogP contribution is -2.57. The first kappa shape index (κ1) is 20.5. The SMILES string of the molecule is CCCCN1CCN(C(C(=O)NCc2nnc(C)o2)c2ccccc2)C(=O)C1=O. The Balaban J connectivity index is 1.78. The van der Waals surface area contributed by atoms with Crippen molar-refractivity contribution in [1.29, 1.82) is 0 Å². The fourth-order valence-corrected chi connectivity index (χ4v) is 3.27. The van der Waals surface area contributed by atoms with Gasteiger partial charge in [-0.1, -0.05) is 43.7 Å². The van der Waals surface area contributed by atoms with Crippen LogP contribution in [0.3, 0.4) is 0 Å². The highest BCUT2D eigenvalue weighted by Gasteiger charge is 2.39. The molecule has 0 bridgehead atoms. The molecule has 0 saturated carbocycles. The van der Waals surface area contributed by atoms with Gasteiger partial charge in [-0.15, -0.1) is 10.2 Å². The van der Waals surface area contributed by atoms with Gasteiger partial charge in [-0.25, -0.2) is 0 Å². The molecule has 1 saturated heterocycles. The molecule has 1 fully saturated rings. The standard InChI is InChI=1S/C20H25N5O4/c1-3-4-10-24-11-12-25(20(28)19(24)27)17(15-8-6-5-7-9-15)18(26)21-13-16-23-22-14(2)29-16/h5-9,17H,3-4,10-13H2,1-2H3,(H,21,26). The lowest BCUT2D eigenvalue weighted by molar-refractivity contribution is -0.159. The number of hydrogen-bond donors (Lipinski definition) is 1. The average Bonchev–Trinajstić information content (AvgIpc) is 3.15. The third-order valence-corrected chi connectivity index (χ3v) is 4.78. The second-order valence-corrected chi connectivity index (χ2v) is 6.89. The van der Waals surface area contributed by atoms with Crippen molar-refractivity contribution in [1.82, 2.24) is 25.3 Å². The van der Waals surface area contributed by atoms with Gasteiger partial charge in [0, 0.05) is 26.6 Å². The van der Waals surface area contributed by atoms with Gasteiger partial charge in [0.2, 0.25) is 17.7 Å². The molecule has 1 N–H and O–H groups in total. The zero-order valence-corrected chi connectivity index (χ0v) is 16.6. The third kappa shape index (κ3) is 4.79. The minimum atomic E-state index is -0.912. The molecule has 1 atom stereocenters. The zero-order valence-electron chi connectivity index (χ0n) is 16.6. The molecule has 3 amide bonds. The summed E-state index contributed by atoms with van der Waals surface area (Å²) < 4.78 is 5.28. The van der Waals surface area contributed by atoms with Gasteiger partial charge in [0.25, 0.3) is 0 Å². The van der Waals surface area contributed by atoms with Crippen molar-refractivity contribution >= 4 is 17.7 Å². The molecule has 2 heterocycles. The topological polar surface area (TPSA) is 109 Å². The highest BCUT2D eigenvalue weighted by Crippen LogP contribution is 2.24. The highest BCUT2D eigenvalue weighted by atomic mass is 16.4. The smallest absolute Gasteiger partial charge is 0.313 e. The fraction of sp³-hybridized carbons (Fsp3) is 0.450. The lowest BCUT2D eigenvalue weighted by atomic mass is 10.0. The van der Waals surface area contributed by atoms with Gasteiger partial charge in [-0.2, -0.15) is 0 Å².